The van der Waals surface area contributed by atoms with Gasteiger partial charge in [0.2, 0.25) is 0 Å². The van der Waals surface area contributed by atoms with Crippen molar-refractivity contribution in [3.05, 3.63) is 28.5 Å². The zero-order valence-corrected chi connectivity index (χ0v) is 10.4. The number of aromatic nitrogens is 1. The Labute approximate surface area is 106 Å². The molecular formula is C8H4ClF5IN. The van der Waals surface area contributed by atoms with Gasteiger partial charge in [-0.15, -0.1) is 0 Å². The van der Waals surface area contributed by atoms with Gasteiger partial charge in [0.1, 0.15) is 5.69 Å². The highest BCUT2D eigenvalue weighted by molar-refractivity contribution is 14.1. The highest BCUT2D eigenvalue weighted by Crippen LogP contribution is 2.36. The molecule has 0 radical (unpaired) electrons. The first kappa shape index (κ1) is 13.9. The Hall–Kier alpha value is -0.180. The van der Waals surface area contributed by atoms with Crippen LogP contribution in [0.1, 0.15) is 11.3 Å². The van der Waals surface area contributed by atoms with Crippen LogP contribution in [0.25, 0.3) is 0 Å². The molecule has 0 aliphatic carbocycles. The fourth-order valence-electron chi connectivity index (χ4n) is 0.925. The van der Waals surface area contributed by atoms with Crippen molar-refractivity contribution in [2.75, 3.05) is 4.43 Å². The summed E-state index contributed by atoms with van der Waals surface area (Å²) in [5, 5.41) is -0.684. The van der Waals surface area contributed by atoms with Gasteiger partial charge in [0.05, 0.1) is 15.0 Å². The van der Waals surface area contributed by atoms with E-state index >= 15 is 0 Å². The first-order chi connectivity index (χ1) is 7.18. The smallest absolute Gasteiger partial charge is 0.253 e. The van der Waals surface area contributed by atoms with Crippen molar-refractivity contribution in [3.8, 4) is 0 Å². The third-order valence-electron chi connectivity index (χ3n) is 1.68. The molecule has 0 aliphatic rings. The quantitative estimate of drug-likeness (QED) is 0.430. The van der Waals surface area contributed by atoms with Crippen molar-refractivity contribution < 1.29 is 22.0 Å². The van der Waals surface area contributed by atoms with Crippen molar-refractivity contribution in [1.29, 1.82) is 0 Å². The molecule has 1 aromatic heterocycles. The lowest BCUT2D eigenvalue weighted by Gasteiger charge is -2.15. The van der Waals surface area contributed by atoms with Crippen LogP contribution >= 0.6 is 34.2 Å². The van der Waals surface area contributed by atoms with Crippen molar-refractivity contribution >= 4 is 34.2 Å². The van der Waals surface area contributed by atoms with Crippen LogP contribution < -0.4 is 0 Å². The fraction of sp³-hybridized carbons (Fsp3) is 0.375. The van der Waals surface area contributed by atoms with E-state index in [-0.39, 0.29) is 0 Å². The van der Waals surface area contributed by atoms with E-state index in [4.69, 9.17) is 11.6 Å². The minimum atomic E-state index is -4.64. The highest BCUT2D eigenvalue weighted by atomic mass is 127. The predicted octanol–water partition coefficient (Wildman–Crippen LogP) is 4.28. The van der Waals surface area contributed by atoms with Crippen LogP contribution in [0.3, 0.4) is 0 Å². The summed E-state index contributed by atoms with van der Waals surface area (Å²) in [4.78, 5) is 3.08. The van der Waals surface area contributed by atoms with Gasteiger partial charge < -0.3 is 0 Å². The molecule has 0 unspecified atom stereocenters. The molecule has 1 aromatic rings. The highest BCUT2D eigenvalue weighted by Gasteiger charge is 2.37. The summed E-state index contributed by atoms with van der Waals surface area (Å²) in [5.41, 5.74) is -1.98. The van der Waals surface area contributed by atoms with Crippen LogP contribution in [0.5, 0.6) is 0 Å². The number of nitrogens with zero attached hydrogens (tertiary/aromatic N) is 1. The Morgan fingerprint density at radius 1 is 1.25 bits per heavy atom. The van der Waals surface area contributed by atoms with Crippen molar-refractivity contribution in [2.24, 2.45) is 0 Å². The van der Waals surface area contributed by atoms with Gasteiger partial charge in [-0.05, 0) is 6.07 Å². The van der Waals surface area contributed by atoms with E-state index in [0.717, 1.165) is 0 Å². The molecule has 0 N–H and O–H groups in total. The Morgan fingerprint density at radius 2 is 1.81 bits per heavy atom. The largest absolute Gasteiger partial charge is 0.417 e. The summed E-state index contributed by atoms with van der Waals surface area (Å²) in [5.74, 6) is -3.33. The minimum Gasteiger partial charge on any atom is -0.253 e. The molecule has 8 heteroatoms. The van der Waals surface area contributed by atoms with Gasteiger partial charge in [-0.3, -0.25) is 4.98 Å². The molecule has 1 nitrogen and oxygen atoms in total. The molecule has 0 aromatic carbocycles. The van der Waals surface area contributed by atoms with Crippen LogP contribution in [0.15, 0.2) is 12.3 Å². The number of hydrogen-bond acceptors (Lipinski definition) is 1. The van der Waals surface area contributed by atoms with E-state index < -0.39 is 32.8 Å². The molecule has 0 amide bonds. The summed E-state index contributed by atoms with van der Waals surface area (Å²) in [7, 11) is 0. The molecule has 0 aliphatic heterocycles. The summed E-state index contributed by atoms with van der Waals surface area (Å²) in [6.07, 6.45) is -4.30. The Morgan fingerprint density at radius 3 is 2.19 bits per heavy atom. The Balaban J connectivity index is 3.20. The van der Waals surface area contributed by atoms with Crippen LogP contribution in [-0.2, 0) is 12.1 Å². The van der Waals surface area contributed by atoms with Crippen LogP contribution in [-0.4, -0.2) is 9.41 Å². The maximum Gasteiger partial charge on any atom is 0.417 e. The maximum absolute atomic E-state index is 13.1. The number of rotatable bonds is 2. The lowest BCUT2D eigenvalue weighted by Crippen LogP contribution is -2.18. The SMILES string of the molecule is FC(F)(F)c1cnc(C(F)(F)CI)c(Cl)c1. The normalized spacial score (nSPS) is 12.9. The van der Waals surface area contributed by atoms with Gasteiger partial charge in [-0.1, -0.05) is 34.2 Å². The molecular weight excluding hydrogens is 367 g/mol. The fourth-order valence-corrected chi connectivity index (χ4v) is 1.59. The molecule has 0 spiro atoms. The zero-order valence-electron chi connectivity index (χ0n) is 7.45. The molecule has 0 saturated heterocycles. The van der Waals surface area contributed by atoms with Crippen LogP contribution in [0, 0.1) is 0 Å². The summed E-state index contributed by atoms with van der Waals surface area (Å²) >= 11 is 6.76. The number of halogens is 7. The summed E-state index contributed by atoms with van der Waals surface area (Å²) in [6.45, 7) is 0. The second kappa shape index (κ2) is 4.59. The van der Waals surface area contributed by atoms with Gasteiger partial charge in [-0.25, -0.2) is 0 Å². The predicted molar refractivity (Wildman–Crippen MR) is 57.0 cm³/mol. The lowest BCUT2D eigenvalue weighted by molar-refractivity contribution is -0.137. The Kier molecular flexibility index (Phi) is 3.99. The second-order valence-electron chi connectivity index (χ2n) is 2.89. The summed E-state index contributed by atoms with van der Waals surface area (Å²) < 4.78 is 62.2. The number of alkyl halides is 6. The van der Waals surface area contributed by atoms with Crippen molar-refractivity contribution in [3.63, 3.8) is 0 Å². The molecule has 90 valence electrons. The van der Waals surface area contributed by atoms with E-state index in [1.54, 1.807) is 0 Å². The average Bonchev–Trinajstić information content (AvgIpc) is 2.16. The molecule has 0 atom stereocenters. The van der Waals surface area contributed by atoms with Gasteiger partial charge in [0.15, 0.2) is 0 Å². The molecule has 0 saturated carbocycles. The third kappa shape index (κ3) is 2.93. The number of pyridine rings is 1. The first-order valence-corrected chi connectivity index (χ1v) is 5.76. The lowest BCUT2D eigenvalue weighted by atomic mass is 10.2. The van der Waals surface area contributed by atoms with E-state index in [9.17, 15) is 22.0 Å². The van der Waals surface area contributed by atoms with Gasteiger partial charge in [0, 0.05) is 6.20 Å². The third-order valence-corrected chi connectivity index (χ3v) is 2.93. The molecule has 0 fully saturated rings. The van der Waals surface area contributed by atoms with Crippen LogP contribution in [0.4, 0.5) is 22.0 Å². The van der Waals surface area contributed by atoms with Gasteiger partial charge in [0.25, 0.3) is 5.92 Å². The zero-order chi connectivity index (χ0) is 12.6. The van der Waals surface area contributed by atoms with E-state index in [2.05, 4.69) is 4.98 Å². The average molecular weight is 371 g/mol. The standard InChI is InChI=1S/C8H4ClF5IN/c9-5-1-4(8(12,13)14)2-16-6(5)7(10,11)3-15/h1-2H,3H2. The first-order valence-electron chi connectivity index (χ1n) is 3.85. The van der Waals surface area contributed by atoms with Crippen molar-refractivity contribution in [1.82, 2.24) is 4.98 Å². The molecule has 1 rings (SSSR count). The monoisotopic (exact) mass is 371 g/mol. The molecule has 1 heterocycles. The molecule has 0 bridgehead atoms. The van der Waals surface area contributed by atoms with E-state index in [1.807, 2.05) is 0 Å². The maximum atomic E-state index is 13.1. The molecule has 16 heavy (non-hydrogen) atoms. The van der Waals surface area contributed by atoms with Gasteiger partial charge in [-0.2, -0.15) is 22.0 Å². The second-order valence-corrected chi connectivity index (χ2v) is 4.06. The summed E-state index contributed by atoms with van der Waals surface area (Å²) in [6, 6.07) is 0.449. The topological polar surface area (TPSA) is 12.9 Å². The van der Waals surface area contributed by atoms with Crippen molar-refractivity contribution in [2.45, 2.75) is 12.1 Å². The minimum absolute atomic E-state index is 0.349. The van der Waals surface area contributed by atoms with E-state index in [1.165, 1.54) is 22.6 Å². The Bertz CT molecular complexity index is 393. The van der Waals surface area contributed by atoms with Crippen LogP contribution in [0.2, 0.25) is 5.02 Å². The van der Waals surface area contributed by atoms with E-state index in [0.29, 0.717) is 12.3 Å². The van der Waals surface area contributed by atoms with Gasteiger partial charge >= 0.3 is 6.18 Å². The number of hydrogen-bond donors (Lipinski definition) is 0.